The third kappa shape index (κ3) is 2.28. The zero-order chi connectivity index (χ0) is 13.3. The number of piperidine rings is 1. The van der Waals surface area contributed by atoms with Gasteiger partial charge >= 0.3 is 0 Å². The third-order valence-electron chi connectivity index (χ3n) is 3.12. The molecule has 0 aromatic heterocycles. The maximum Gasteiger partial charge on any atom is 0.220 e. The largest absolute Gasteiger partial charge is 0.497 e. The number of hydrogen-bond acceptors (Lipinski definition) is 3. The zero-order valence-corrected chi connectivity index (χ0v) is 9.87. The van der Waals surface area contributed by atoms with Crippen LogP contribution in [-0.2, 0) is 4.79 Å². The van der Waals surface area contributed by atoms with Crippen molar-refractivity contribution in [2.24, 2.45) is 5.73 Å². The standard InChI is InChI=1S/C12H14F2N2O2/c1-18-6-2-8(13)12(9(14)3-6)7-4-11(17)16-5-10(7)15/h2-3,7,10H,4-5,15H2,1H3,(H,16,17)/t7-,10-/m1/s1. The lowest BCUT2D eigenvalue weighted by atomic mass is 9.85. The van der Waals surface area contributed by atoms with Crippen LogP contribution in [0.5, 0.6) is 5.75 Å². The Morgan fingerprint density at radius 1 is 1.39 bits per heavy atom. The average Bonchev–Trinajstić information content (AvgIpc) is 2.32. The van der Waals surface area contributed by atoms with Gasteiger partial charge in [-0.15, -0.1) is 0 Å². The monoisotopic (exact) mass is 256 g/mol. The minimum atomic E-state index is -0.734. The van der Waals surface area contributed by atoms with E-state index in [1.54, 1.807) is 0 Å². The summed E-state index contributed by atoms with van der Waals surface area (Å²) < 4.78 is 32.5. The van der Waals surface area contributed by atoms with Crippen molar-refractivity contribution >= 4 is 5.91 Å². The fourth-order valence-electron chi connectivity index (χ4n) is 2.15. The van der Waals surface area contributed by atoms with Crippen LogP contribution in [0.3, 0.4) is 0 Å². The minimum absolute atomic E-state index is 0.0126. The molecule has 0 spiro atoms. The lowest BCUT2D eigenvalue weighted by Crippen LogP contribution is -2.48. The topological polar surface area (TPSA) is 64.3 Å². The molecule has 1 aliphatic rings. The Morgan fingerprint density at radius 2 is 2.00 bits per heavy atom. The number of halogens is 2. The van der Waals surface area contributed by atoms with E-state index in [0.717, 1.165) is 12.1 Å². The number of rotatable bonds is 2. The lowest BCUT2D eigenvalue weighted by molar-refractivity contribution is -0.122. The van der Waals surface area contributed by atoms with Crippen molar-refractivity contribution in [2.45, 2.75) is 18.4 Å². The summed E-state index contributed by atoms with van der Waals surface area (Å²) in [5, 5.41) is 2.56. The molecule has 0 saturated carbocycles. The first-order valence-electron chi connectivity index (χ1n) is 5.58. The van der Waals surface area contributed by atoms with Gasteiger partial charge in [-0.3, -0.25) is 4.79 Å². The van der Waals surface area contributed by atoms with E-state index in [0.29, 0.717) is 0 Å². The van der Waals surface area contributed by atoms with E-state index >= 15 is 0 Å². The molecule has 1 heterocycles. The molecule has 1 aliphatic heterocycles. The predicted octanol–water partition coefficient (Wildman–Crippen LogP) is 0.904. The first kappa shape index (κ1) is 12.8. The molecular formula is C12H14F2N2O2. The zero-order valence-electron chi connectivity index (χ0n) is 9.87. The van der Waals surface area contributed by atoms with Crippen molar-refractivity contribution < 1.29 is 18.3 Å². The number of methoxy groups -OCH3 is 1. The van der Waals surface area contributed by atoms with E-state index in [9.17, 15) is 13.6 Å². The molecule has 1 aromatic carbocycles. The van der Waals surface area contributed by atoms with Crippen LogP contribution < -0.4 is 15.8 Å². The van der Waals surface area contributed by atoms with Gasteiger partial charge in [0, 0.05) is 42.6 Å². The van der Waals surface area contributed by atoms with Crippen LogP contribution in [0, 0.1) is 11.6 Å². The average molecular weight is 256 g/mol. The molecule has 6 heteroatoms. The molecule has 0 bridgehead atoms. The van der Waals surface area contributed by atoms with E-state index in [-0.39, 0.29) is 30.2 Å². The second kappa shape index (κ2) is 4.89. The highest BCUT2D eigenvalue weighted by molar-refractivity contribution is 5.78. The third-order valence-corrected chi connectivity index (χ3v) is 3.12. The van der Waals surface area contributed by atoms with Crippen molar-refractivity contribution in [2.75, 3.05) is 13.7 Å². The molecule has 4 nitrogen and oxygen atoms in total. The van der Waals surface area contributed by atoms with E-state index in [4.69, 9.17) is 10.5 Å². The highest BCUT2D eigenvalue weighted by Gasteiger charge is 2.32. The summed E-state index contributed by atoms with van der Waals surface area (Å²) in [4.78, 5) is 11.3. The Bertz CT molecular complexity index is 456. The number of carbonyl (C=O) groups excluding carboxylic acids is 1. The van der Waals surface area contributed by atoms with Gasteiger partial charge in [0.05, 0.1) is 7.11 Å². The van der Waals surface area contributed by atoms with Crippen LogP contribution in [0.25, 0.3) is 0 Å². The van der Waals surface area contributed by atoms with E-state index in [1.165, 1.54) is 7.11 Å². The molecule has 0 aliphatic carbocycles. The molecule has 1 fully saturated rings. The summed E-state index contributed by atoms with van der Waals surface area (Å²) in [5.74, 6) is -2.27. The molecule has 18 heavy (non-hydrogen) atoms. The van der Waals surface area contributed by atoms with Crippen LogP contribution in [0.2, 0.25) is 0 Å². The van der Waals surface area contributed by atoms with Gasteiger partial charge < -0.3 is 15.8 Å². The van der Waals surface area contributed by atoms with Crippen LogP contribution in [-0.4, -0.2) is 25.6 Å². The van der Waals surface area contributed by atoms with Gasteiger partial charge in [-0.1, -0.05) is 0 Å². The molecule has 0 radical (unpaired) electrons. The maximum absolute atomic E-state index is 13.9. The minimum Gasteiger partial charge on any atom is -0.497 e. The number of benzene rings is 1. The molecule has 1 aromatic rings. The fourth-order valence-corrected chi connectivity index (χ4v) is 2.15. The summed E-state index contributed by atoms with van der Waals surface area (Å²) in [5.41, 5.74) is 5.66. The normalized spacial score (nSPS) is 23.7. The van der Waals surface area contributed by atoms with Crippen LogP contribution in [0.4, 0.5) is 8.78 Å². The van der Waals surface area contributed by atoms with E-state index < -0.39 is 23.6 Å². The Balaban J connectivity index is 2.40. The van der Waals surface area contributed by atoms with E-state index in [2.05, 4.69) is 5.32 Å². The van der Waals surface area contributed by atoms with Crippen LogP contribution in [0.1, 0.15) is 17.9 Å². The maximum atomic E-state index is 13.9. The predicted molar refractivity (Wildman–Crippen MR) is 61.3 cm³/mol. The number of hydrogen-bond donors (Lipinski definition) is 2. The van der Waals surface area contributed by atoms with Crippen molar-refractivity contribution in [1.29, 1.82) is 0 Å². The Labute approximate surface area is 103 Å². The SMILES string of the molecule is COc1cc(F)c([C@@H]2CC(=O)NC[C@H]2N)c(F)c1. The van der Waals surface area contributed by atoms with Gasteiger partial charge in [-0.2, -0.15) is 0 Å². The molecule has 0 unspecified atom stereocenters. The Kier molecular flexibility index (Phi) is 3.47. The van der Waals surface area contributed by atoms with Gasteiger partial charge in [0.2, 0.25) is 5.91 Å². The van der Waals surface area contributed by atoms with Gasteiger partial charge in [0.15, 0.2) is 0 Å². The molecule has 3 N–H and O–H groups in total. The van der Waals surface area contributed by atoms with Gasteiger partial charge in [0.1, 0.15) is 17.4 Å². The van der Waals surface area contributed by atoms with Crippen molar-refractivity contribution in [3.63, 3.8) is 0 Å². The van der Waals surface area contributed by atoms with Crippen molar-refractivity contribution in [1.82, 2.24) is 5.32 Å². The summed E-state index contributed by atoms with van der Waals surface area (Å²) in [7, 11) is 1.33. The second-order valence-corrected chi connectivity index (χ2v) is 4.28. The number of nitrogens with two attached hydrogens (primary N) is 1. The smallest absolute Gasteiger partial charge is 0.220 e. The number of amides is 1. The Hall–Kier alpha value is -1.69. The van der Waals surface area contributed by atoms with Gasteiger partial charge in [0.25, 0.3) is 0 Å². The number of carbonyl (C=O) groups is 1. The van der Waals surface area contributed by atoms with Gasteiger partial charge in [-0.25, -0.2) is 8.78 Å². The lowest BCUT2D eigenvalue weighted by Gasteiger charge is -2.29. The molecule has 2 atom stereocenters. The molecule has 1 saturated heterocycles. The van der Waals surface area contributed by atoms with Crippen LogP contribution in [0.15, 0.2) is 12.1 Å². The van der Waals surface area contributed by atoms with E-state index in [1.807, 2.05) is 0 Å². The highest BCUT2D eigenvalue weighted by atomic mass is 19.1. The quantitative estimate of drug-likeness (QED) is 0.826. The highest BCUT2D eigenvalue weighted by Crippen LogP contribution is 2.32. The van der Waals surface area contributed by atoms with Gasteiger partial charge in [-0.05, 0) is 0 Å². The fraction of sp³-hybridized carbons (Fsp3) is 0.417. The first-order chi connectivity index (χ1) is 8.52. The van der Waals surface area contributed by atoms with Crippen molar-refractivity contribution in [3.05, 3.63) is 29.3 Å². The number of ether oxygens (including phenoxy) is 1. The second-order valence-electron chi connectivity index (χ2n) is 4.28. The summed E-state index contributed by atoms with van der Waals surface area (Å²) in [6.07, 6.45) is -0.0126. The van der Waals surface area contributed by atoms with Crippen molar-refractivity contribution in [3.8, 4) is 5.75 Å². The summed E-state index contributed by atoms with van der Waals surface area (Å²) in [6, 6.07) is 1.69. The summed E-state index contributed by atoms with van der Waals surface area (Å²) >= 11 is 0. The first-order valence-corrected chi connectivity index (χ1v) is 5.58. The number of nitrogens with one attached hydrogen (secondary N) is 1. The molecular weight excluding hydrogens is 242 g/mol. The summed E-state index contributed by atoms with van der Waals surface area (Å²) in [6.45, 7) is 0.217. The van der Waals surface area contributed by atoms with Crippen LogP contribution >= 0.6 is 0 Å². The Morgan fingerprint density at radius 3 is 2.56 bits per heavy atom. The molecule has 2 rings (SSSR count). The molecule has 1 amide bonds. The molecule has 98 valence electrons.